The zero-order valence-electron chi connectivity index (χ0n) is 21.4. The van der Waals surface area contributed by atoms with Gasteiger partial charge in [-0.25, -0.2) is 9.97 Å². The summed E-state index contributed by atoms with van der Waals surface area (Å²) in [6, 6.07) is 1.89. The Bertz CT molecular complexity index is 1260. The van der Waals surface area contributed by atoms with Crippen LogP contribution in [0.3, 0.4) is 0 Å². The molecule has 3 heterocycles. The van der Waals surface area contributed by atoms with Gasteiger partial charge in [-0.3, -0.25) is 9.20 Å². The highest BCUT2D eigenvalue weighted by Crippen LogP contribution is 2.41. The number of hydrogen-bond donors (Lipinski definition) is 1. The summed E-state index contributed by atoms with van der Waals surface area (Å²) in [4.78, 5) is 24.8. The van der Waals surface area contributed by atoms with Crippen molar-refractivity contribution >= 4 is 28.8 Å². The number of aromatic nitrogens is 3. The lowest BCUT2D eigenvalue weighted by molar-refractivity contribution is -0.0587. The van der Waals surface area contributed by atoms with Crippen molar-refractivity contribution in [1.29, 1.82) is 0 Å². The van der Waals surface area contributed by atoms with Gasteiger partial charge in [-0.15, -0.1) is 0 Å². The van der Waals surface area contributed by atoms with Gasteiger partial charge in [0.2, 0.25) is 0 Å². The Morgan fingerprint density at radius 2 is 1.89 bits per heavy atom. The number of fused-ring (bicyclic) bond motifs is 1. The molecule has 1 fully saturated rings. The molecule has 2 aromatic heterocycles. The highest BCUT2D eigenvalue weighted by molar-refractivity contribution is 6.32. The van der Waals surface area contributed by atoms with Crippen LogP contribution in [0.15, 0.2) is 18.5 Å². The lowest BCUT2D eigenvalue weighted by Gasteiger charge is -2.36. The summed E-state index contributed by atoms with van der Waals surface area (Å²) in [7, 11) is 0. The number of halogens is 1. The SMILES string of the molecule is Cc1c(Cl)cc([C@H](C)c2nc(C)c3c(N)nccn23)c(OC(C)C)c1C(=O)N1C[C@H](C)O[C@@H](C)C1. The van der Waals surface area contributed by atoms with Crippen molar-refractivity contribution < 1.29 is 14.3 Å². The van der Waals surface area contributed by atoms with Crippen molar-refractivity contribution in [2.45, 2.75) is 72.7 Å². The zero-order chi connectivity index (χ0) is 25.6. The van der Waals surface area contributed by atoms with Crippen LogP contribution in [0, 0.1) is 13.8 Å². The maximum atomic E-state index is 13.9. The monoisotopic (exact) mass is 499 g/mol. The van der Waals surface area contributed by atoms with Crippen LogP contribution in [0.25, 0.3) is 5.52 Å². The Morgan fingerprint density at radius 3 is 2.51 bits per heavy atom. The minimum atomic E-state index is -0.237. The van der Waals surface area contributed by atoms with E-state index in [0.29, 0.717) is 40.8 Å². The molecule has 1 aliphatic rings. The molecule has 35 heavy (non-hydrogen) atoms. The molecular formula is C26H34ClN5O3. The third kappa shape index (κ3) is 4.69. The van der Waals surface area contributed by atoms with Gasteiger partial charge in [0.15, 0.2) is 0 Å². The molecule has 2 N–H and O–H groups in total. The number of anilines is 1. The predicted molar refractivity (Wildman–Crippen MR) is 138 cm³/mol. The first kappa shape index (κ1) is 25.3. The van der Waals surface area contributed by atoms with E-state index in [2.05, 4.69) is 4.98 Å². The fourth-order valence-electron chi connectivity index (χ4n) is 4.90. The second kappa shape index (κ2) is 9.66. The molecule has 9 heteroatoms. The largest absolute Gasteiger partial charge is 0.490 e. The van der Waals surface area contributed by atoms with Crippen molar-refractivity contribution in [1.82, 2.24) is 19.3 Å². The van der Waals surface area contributed by atoms with Gasteiger partial charge in [-0.1, -0.05) is 18.5 Å². The molecule has 1 saturated heterocycles. The highest BCUT2D eigenvalue weighted by atomic mass is 35.5. The minimum absolute atomic E-state index is 0.0478. The number of rotatable bonds is 5. The predicted octanol–water partition coefficient (Wildman–Crippen LogP) is 4.77. The molecule has 188 valence electrons. The van der Waals surface area contributed by atoms with Crippen molar-refractivity contribution in [3.8, 4) is 5.75 Å². The fraction of sp³-hybridized carbons (Fsp3) is 0.500. The molecule has 3 aromatic rings. The molecule has 0 radical (unpaired) electrons. The number of aryl methyl sites for hydroxylation is 1. The van der Waals surface area contributed by atoms with Crippen molar-refractivity contribution in [2.24, 2.45) is 0 Å². The van der Waals surface area contributed by atoms with Crippen LogP contribution in [0.2, 0.25) is 5.02 Å². The Hall–Kier alpha value is -2.84. The van der Waals surface area contributed by atoms with E-state index in [9.17, 15) is 4.79 Å². The van der Waals surface area contributed by atoms with Crippen LogP contribution in [0.1, 0.15) is 73.5 Å². The summed E-state index contributed by atoms with van der Waals surface area (Å²) in [6.45, 7) is 14.7. The molecule has 3 atom stereocenters. The van der Waals surface area contributed by atoms with Crippen LogP contribution in [0.4, 0.5) is 5.82 Å². The second-order valence-electron chi connectivity index (χ2n) is 9.72. The Balaban J connectivity index is 1.89. The third-order valence-corrected chi connectivity index (χ3v) is 6.81. The molecule has 0 saturated carbocycles. The van der Waals surface area contributed by atoms with E-state index < -0.39 is 0 Å². The standard InChI is InChI=1S/C26H34ClN5O3/c1-13(2)34-23-19(16(5)25-30-18(7)22-24(28)29-8-9-32(22)25)10-20(27)17(6)21(23)26(33)31-11-14(3)35-15(4)12-31/h8-10,13-16H,11-12H2,1-7H3,(H2,28,29)/t14-,15-,16-/m0/s1. The maximum absolute atomic E-state index is 13.9. The molecule has 8 nitrogen and oxygen atoms in total. The van der Waals surface area contributed by atoms with Gasteiger partial charge in [-0.05, 0) is 53.2 Å². The number of benzene rings is 1. The third-order valence-electron chi connectivity index (χ3n) is 6.42. The van der Waals surface area contributed by atoms with Crippen molar-refractivity contribution in [2.75, 3.05) is 18.8 Å². The minimum Gasteiger partial charge on any atom is -0.490 e. The number of nitrogens with zero attached hydrogens (tertiary/aromatic N) is 4. The van der Waals surface area contributed by atoms with E-state index in [-0.39, 0.29) is 30.1 Å². The number of amides is 1. The summed E-state index contributed by atoms with van der Waals surface area (Å²) >= 11 is 6.74. The van der Waals surface area contributed by atoms with Crippen LogP contribution >= 0.6 is 11.6 Å². The molecule has 0 aliphatic carbocycles. The van der Waals surface area contributed by atoms with Crippen LogP contribution in [0.5, 0.6) is 5.75 Å². The summed E-state index contributed by atoms with van der Waals surface area (Å²) in [6.07, 6.45) is 3.26. The second-order valence-corrected chi connectivity index (χ2v) is 10.1. The quantitative estimate of drug-likeness (QED) is 0.543. The topological polar surface area (TPSA) is 95.0 Å². The van der Waals surface area contributed by atoms with E-state index in [1.165, 1.54) is 0 Å². The number of nitrogen functional groups attached to an aromatic ring is 1. The summed E-state index contributed by atoms with van der Waals surface area (Å²) in [5.41, 5.74) is 9.69. The number of morpholine rings is 1. The van der Waals surface area contributed by atoms with Gasteiger partial charge in [-0.2, -0.15) is 0 Å². The summed E-state index contributed by atoms with van der Waals surface area (Å²) in [5, 5.41) is 0.513. The average Bonchev–Trinajstić information content (AvgIpc) is 3.12. The number of carbonyl (C=O) groups excluding carboxylic acids is 1. The van der Waals surface area contributed by atoms with E-state index in [1.807, 2.05) is 70.0 Å². The number of carbonyl (C=O) groups is 1. The molecule has 1 aliphatic heterocycles. The van der Waals surface area contributed by atoms with Gasteiger partial charge in [0.1, 0.15) is 22.9 Å². The van der Waals surface area contributed by atoms with Gasteiger partial charge in [0.05, 0.1) is 29.6 Å². The maximum Gasteiger partial charge on any atom is 0.258 e. The molecule has 0 bridgehead atoms. The smallest absolute Gasteiger partial charge is 0.258 e. The summed E-state index contributed by atoms with van der Waals surface area (Å²) in [5.74, 6) is 1.39. The molecule has 0 unspecified atom stereocenters. The van der Waals surface area contributed by atoms with E-state index in [1.54, 1.807) is 6.20 Å². The lowest BCUT2D eigenvalue weighted by atomic mass is 9.93. The van der Waals surface area contributed by atoms with E-state index >= 15 is 0 Å². The van der Waals surface area contributed by atoms with Crippen LogP contribution in [-0.4, -0.2) is 56.6 Å². The lowest BCUT2D eigenvalue weighted by Crippen LogP contribution is -2.48. The molecule has 0 spiro atoms. The van der Waals surface area contributed by atoms with Gasteiger partial charge in [0, 0.05) is 42.0 Å². The number of imidazole rings is 1. The zero-order valence-corrected chi connectivity index (χ0v) is 22.2. The Kier molecular flexibility index (Phi) is 6.97. The van der Waals surface area contributed by atoms with Gasteiger partial charge >= 0.3 is 0 Å². The van der Waals surface area contributed by atoms with Crippen LogP contribution < -0.4 is 10.5 Å². The average molecular weight is 500 g/mol. The molecular weight excluding hydrogens is 466 g/mol. The number of ether oxygens (including phenoxy) is 2. The van der Waals surface area contributed by atoms with Crippen molar-refractivity contribution in [3.63, 3.8) is 0 Å². The van der Waals surface area contributed by atoms with Crippen LogP contribution in [-0.2, 0) is 4.74 Å². The van der Waals surface area contributed by atoms with E-state index in [4.69, 9.17) is 31.8 Å². The first-order valence-corrected chi connectivity index (χ1v) is 12.4. The van der Waals surface area contributed by atoms with Gasteiger partial charge in [0.25, 0.3) is 5.91 Å². The highest BCUT2D eigenvalue weighted by Gasteiger charge is 2.33. The van der Waals surface area contributed by atoms with Crippen molar-refractivity contribution in [3.05, 3.63) is 51.7 Å². The number of nitrogens with two attached hydrogens (primary N) is 1. The molecule has 4 rings (SSSR count). The Labute approximate surface area is 211 Å². The normalized spacial score (nSPS) is 19.4. The first-order chi connectivity index (χ1) is 16.5. The fourth-order valence-corrected chi connectivity index (χ4v) is 5.11. The number of hydrogen-bond acceptors (Lipinski definition) is 6. The molecule has 1 amide bonds. The van der Waals surface area contributed by atoms with E-state index in [0.717, 1.165) is 22.6 Å². The summed E-state index contributed by atoms with van der Waals surface area (Å²) < 4.78 is 14.1. The molecule has 1 aromatic carbocycles. The van der Waals surface area contributed by atoms with Gasteiger partial charge < -0.3 is 20.1 Å². The first-order valence-electron chi connectivity index (χ1n) is 12.0. The Morgan fingerprint density at radius 1 is 1.23 bits per heavy atom.